The summed E-state index contributed by atoms with van der Waals surface area (Å²) in [6, 6.07) is 14.5. The number of aryl methyl sites for hydroxylation is 1. The molecule has 0 fully saturated rings. The summed E-state index contributed by atoms with van der Waals surface area (Å²) in [4.78, 5) is 0.151. The van der Waals surface area contributed by atoms with Crippen LogP contribution in [0.3, 0.4) is 0 Å². The van der Waals surface area contributed by atoms with Crippen LogP contribution < -0.4 is 9.47 Å². The second-order valence-corrected chi connectivity index (χ2v) is 9.64. The average molecular weight is 420 g/mol. The third-order valence-electron chi connectivity index (χ3n) is 4.74. The van der Waals surface area contributed by atoms with Crippen LogP contribution in [0.15, 0.2) is 53.4 Å². The SMILES string of the molecule is CC(C)CN(C[C@H](O)CCc1ccccc1)S(=O)(=O)c1ccc2c(c1)OCCO2. The predicted octanol–water partition coefficient (Wildman–Crippen LogP) is 3.10. The van der Waals surface area contributed by atoms with Gasteiger partial charge >= 0.3 is 0 Å². The summed E-state index contributed by atoms with van der Waals surface area (Å²) in [7, 11) is -3.77. The van der Waals surface area contributed by atoms with Crippen LogP contribution in [-0.4, -0.2) is 50.2 Å². The molecule has 1 N–H and O–H groups in total. The highest BCUT2D eigenvalue weighted by Crippen LogP contribution is 2.33. The van der Waals surface area contributed by atoms with Crippen molar-refractivity contribution in [2.75, 3.05) is 26.3 Å². The van der Waals surface area contributed by atoms with Crippen molar-refractivity contribution in [2.24, 2.45) is 5.92 Å². The second-order valence-electron chi connectivity index (χ2n) is 7.70. The number of fused-ring (bicyclic) bond motifs is 1. The van der Waals surface area contributed by atoms with Gasteiger partial charge < -0.3 is 14.6 Å². The minimum absolute atomic E-state index is 0.0573. The van der Waals surface area contributed by atoms with Crippen LogP contribution in [0.1, 0.15) is 25.8 Å². The molecule has 29 heavy (non-hydrogen) atoms. The molecule has 158 valence electrons. The molecule has 2 aromatic rings. The van der Waals surface area contributed by atoms with Crippen molar-refractivity contribution in [1.29, 1.82) is 0 Å². The van der Waals surface area contributed by atoms with Crippen molar-refractivity contribution in [2.45, 2.75) is 37.7 Å². The molecule has 3 rings (SSSR count). The van der Waals surface area contributed by atoms with Gasteiger partial charge in [-0.1, -0.05) is 44.2 Å². The van der Waals surface area contributed by atoms with E-state index in [-0.39, 0.29) is 17.4 Å². The summed E-state index contributed by atoms with van der Waals surface area (Å²) in [5, 5.41) is 10.5. The minimum Gasteiger partial charge on any atom is -0.486 e. The molecule has 0 saturated carbocycles. The molecule has 1 aliphatic rings. The zero-order chi connectivity index (χ0) is 20.9. The van der Waals surface area contributed by atoms with Gasteiger partial charge in [0.05, 0.1) is 11.0 Å². The Balaban J connectivity index is 1.74. The number of hydrogen-bond acceptors (Lipinski definition) is 5. The van der Waals surface area contributed by atoms with Gasteiger partial charge in [0.15, 0.2) is 11.5 Å². The van der Waals surface area contributed by atoms with Crippen LogP contribution in [0, 0.1) is 5.92 Å². The molecule has 0 aliphatic carbocycles. The Labute approximate surface area is 173 Å². The van der Waals surface area contributed by atoms with Crippen LogP contribution >= 0.6 is 0 Å². The lowest BCUT2D eigenvalue weighted by Crippen LogP contribution is -2.40. The van der Waals surface area contributed by atoms with Gasteiger partial charge in [-0.05, 0) is 36.5 Å². The van der Waals surface area contributed by atoms with Crippen LogP contribution in [-0.2, 0) is 16.4 Å². The quantitative estimate of drug-likeness (QED) is 0.676. The average Bonchev–Trinajstić information content (AvgIpc) is 2.72. The molecule has 6 nitrogen and oxygen atoms in total. The summed E-state index contributed by atoms with van der Waals surface area (Å²) < 4.78 is 39.0. The van der Waals surface area contributed by atoms with Gasteiger partial charge in [-0.25, -0.2) is 8.42 Å². The highest BCUT2D eigenvalue weighted by atomic mass is 32.2. The monoisotopic (exact) mass is 419 g/mol. The van der Waals surface area contributed by atoms with Gasteiger partial charge in [0, 0.05) is 19.2 Å². The lowest BCUT2D eigenvalue weighted by Gasteiger charge is -2.27. The molecule has 0 aromatic heterocycles. The van der Waals surface area contributed by atoms with Crippen LogP contribution in [0.4, 0.5) is 0 Å². The summed E-state index contributed by atoms with van der Waals surface area (Å²) in [6.07, 6.45) is 0.442. The molecule has 0 bridgehead atoms. The van der Waals surface area contributed by atoms with Crippen molar-refractivity contribution < 1.29 is 23.0 Å². The molecular formula is C22H29NO5S. The lowest BCUT2D eigenvalue weighted by molar-refractivity contribution is 0.133. The van der Waals surface area contributed by atoms with Crippen molar-refractivity contribution in [3.63, 3.8) is 0 Å². The number of benzene rings is 2. The molecule has 7 heteroatoms. The van der Waals surface area contributed by atoms with E-state index in [2.05, 4.69) is 0 Å². The van der Waals surface area contributed by atoms with Gasteiger partial charge in [0.2, 0.25) is 10.0 Å². The van der Waals surface area contributed by atoms with Crippen molar-refractivity contribution in [3.05, 3.63) is 54.1 Å². The van der Waals surface area contributed by atoms with Gasteiger partial charge in [-0.15, -0.1) is 0 Å². The lowest BCUT2D eigenvalue weighted by atomic mass is 10.1. The van der Waals surface area contributed by atoms with Crippen molar-refractivity contribution in [1.82, 2.24) is 4.31 Å². The number of nitrogens with zero attached hydrogens (tertiary/aromatic N) is 1. The predicted molar refractivity (Wildman–Crippen MR) is 112 cm³/mol. The summed E-state index contributed by atoms with van der Waals surface area (Å²) >= 11 is 0. The second kappa shape index (κ2) is 9.61. The van der Waals surface area contributed by atoms with E-state index in [1.54, 1.807) is 6.07 Å². The van der Waals surface area contributed by atoms with Crippen LogP contribution in [0.5, 0.6) is 11.5 Å². The number of sulfonamides is 1. The fourth-order valence-electron chi connectivity index (χ4n) is 3.32. The van der Waals surface area contributed by atoms with Gasteiger partial charge in [-0.3, -0.25) is 0 Å². The maximum absolute atomic E-state index is 13.3. The Hall–Kier alpha value is -2.09. The van der Waals surface area contributed by atoms with E-state index in [0.717, 1.165) is 5.56 Å². The Kier molecular flexibility index (Phi) is 7.16. The molecule has 0 amide bonds. The van der Waals surface area contributed by atoms with Gasteiger partial charge in [-0.2, -0.15) is 4.31 Å². The van der Waals surface area contributed by atoms with E-state index in [1.807, 2.05) is 44.2 Å². The highest BCUT2D eigenvalue weighted by Gasteiger charge is 2.28. The molecule has 1 heterocycles. The van der Waals surface area contributed by atoms with Crippen molar-refractivity contribution >= 4 is 10.0 Å². The Morgan fingerprint density at radius 1 is 1.00 bits per heavy atom. The number of aliphatic hydroxyl groups is 1. The maximum atomic E-state index is 13.3. The first-order chi connectivity index (χ1) is 13.9. The smallest absolute Gasteiger partial charge is 0.243 e. The summed E-state index contributed by atoms with van der Waals surface area (Å²) in [6.45, 7) is 5.16. The summed E-state index contributed by atoms with van der Waals surface area (Å²) in [5.74, 6) is 1.11. The van der Waals surface area contributed by atoms with E-state index in [0.29, 0.717) is 44.1 Å². The fraction of sp³-hybridized carbons (Fsp3) is 0.455. The highest BCUT2D eigenvalue weighted by molar-refractivity contribution is 7.89. The maximum Gasteiger partial charge on any atom is 0.243 e. The zero-order valence-electron chi connectivity index (χ0n) is 17.0. The van der Waals surface area contributed by atoms with Gasteiger partial charge in [0.1, 0.15) is 13.2 Å². The number of ether oxygens (including phenoxy) is 2. The number of hydrogen-bond donors (Lipinski definition) is 1. The molecule has 2 aromatic carbocycles. The molecule has 0 saturated heterocycles. The van der Waals surface area contributed by atoms with E-state index in [1.165, 1.54) is 16.4 Å². The molecule has 0 spiro atoms. The molecular weight excluding hydrogens is 390 g/mol. The Morgan fingerprint density at radius 3 is 2.38 bits per heavy atom. The minimum atomic E-state index is -3.77. The third kappa shape index (κ3) is 5.72. The largest absolute Gasteiger partial charge is 0.486 e. The third-order valence-corrected chi connectivity index (χ3v) is 6.57. The van der Waals surface area contributed by atoms with E-state index in [4.69, 9.17) is 9.47 Å². The van der Waals surface area contributed by atoms with E-state index >= 15 is 0 Å². The van der Waals surface area contributed by atoms with Crippen molar-refractivity contribution in [3.8, 4) is 11.5 Å². The Morgan fingerprint density at radius 2 is 1.69 bits per heavy atom. The molecule has 1 atom stereocenters. The van der Waals surface area contributed by atoms with Gasteiger partial charge in [0.25, 0.3) is 0 Å². The Bertz CT molecular complexity index is 899. The van der Waals surface area contributed by atoms with E-state index in [9.17, 15) is 13.5 Å². The first-order valence-corrected chi connectivity index (χ1v) is 11.4. The standard InChI is InChI=1S/C22H29NO5S/c1-17(2)15-23(16-19(24)9-8-18-6-4-3-5-7-18)29(25,26)20-10-11-21-22(14-20)28-13-12-27-21/h3-7,10-11,14,17,19,24H,8-9,12-13,15-16H2,1-2H3/t19-/m1/s1. The molecule has 0 unspecified atom stereocenters. The first kappa shape index (κ1) is 21.6. The molecule has 0 radical (unpaired) electrons. The zero-order valence-corrected chi connectivity index (χ0v) is 17.8. The van der Waals surface area contributed by atoms with Crippen LogP contribution in [0.2, 0.25) is 0 Å². The number of aliphatic hydroxyl groups excluding tert-OH is 1. The summed E-state index contributed by atoms with van der Waals surface area (Å²) in [5.41, 5.74) is 1.12. The first-order valence-electron chi connectivity index (χ1n) is 9.98. The molecule has 1 aliphatic heterocycles. The fourth-order valence-corrected chi connectivity index (χ4v) is 4.97. The van der Waals surface area contributed by atoms with E-state index < -0.39 is 16.1 Å². The number of rotatable bonds is 9. The topological polar surface area (TPSA) is 76.1 Å². The van der Waals surface area contributed by atoms with Crippen LogP contribution in [0.25, 0.3) is 0 Å². The normalized spacial score (nSPS) is 14.9.